The van der Waals surface area contributed by atoms with Crippen molar-refractivity contribution >= 4 is 17.5 Å². The molecule has 0 radical (unpaired) electrons. The van der Waals surface area contributed by atoms with Gasteiger partial charge in [-0.1, -0.05) is 12.1 Å². The molecule has 1 aromatic heterocycles. The van der Waals surface area contributed by atoms with Crippen LogP contribution in [0.5, 0.6) is 0 Å². The smallest absolute Gasteiger partial charge is 0.229 e. The number of nitrogen functional groups attached to an aromatic ring is 1. The van der Waals surface area contributed by atoms with Crippen LogP contribution in [0.1, 0.15) is 5.82 Å². The highest BCUT2D eigenvalue weighted by Gasteiger charge is 2.11. The third-order valence-electron chi connectivity index (χ3n) is 2.24. The molecule has 1 heterocycles. The summed E-state index contributed by atoms with van der Waals surface area (Å²) in [7, 11) is 1.64. The first-order chi connectivity index (χ1) is 8.09. The van der Waals surface area contributed by atoms with E-state index in [0.29, 0.717) is 5.95 Å². The average Bonchev–Trinajstić information content (AvgIpc) is 2.64. The number of aromatic nitrogens is 3. The van der Waals surface area contributed by atoms with E-state index in [4.69, 9.17) is 11.1 Å². The monoisotopic (exact) mass is 234 g/mol. The first kappa shape index (κ1) is 11.1. The van der Waals surface area contributed by atoms with E-state index < -0.39 is 0 Å². The van der Waals surface area contributed by atoms with Crippen LogP contribution < -0.4 is 11.1 Å². The number of anilines is 2. The molecule has 0 aliphatic heterocycles. The lowest BCUT2D eigenvalue weighted by Crippen LogP contribution is -2.17. The van der Waals surface area contributed by atoms with Crippen LogP contribution in [0.15, 0.2) is 24.3 Å². The van der Waals surface area contributed by atoms with Crippen molar-refractivity contribution in [2.45, 2.75) is 0 Å². The second kappa shape index (κ2) is 4.20. The number of hydrogen-bond acceptors (Lipinski definition) is 4. The molecule has 0 unspecified atom stereocenters. The van der Waals surface area contributed by atoms with E-state index in [1.165, 1.54) is 10.6 Å². The van der Waals surface area contributed by atoms with Gasteiger partial charge in [0, 0.05) is 7.05 Å². The third-order valence-corrected chi connectivity index (χ3v) is 2.24. The Hall–Kier alpha value is -2.44. The third kappa shape index (κ3) is 2.07. The summed E-state index contributed by atoms with van der Waals surface area (Å²) in [4.78, 5) is 0. The Balaban J connectivity index is 2.31. The predicted octanol–water partition coefficient (Wildman–Crippen LogP) is 0.982. The Bertz CT molecular complexity index is 562. The lowest BCUT2D eigenvalue weighted by molar-refractivity contribution is 0.631. The maximum atomic E-state index is 13.4. The van der Waals surface area contributed by atoms with Crippen molar-refractivity contribution in [3.63, 3.8) is 0 Å². The molecule has 0 saturated heterocycles. The first-order valence-electron chi connectivity index (χ1n) is 4.85. The molecule has 17 heavy (non-hydrogen) atoms. The molecule has 0 amide bonds. The zero-order valence-corrected chi connectivity index (χ0v) is 9.11. The molecular weight excluding hydrogens is 223 g/mol. The van der Waals surface area contributed by atoms with E-state index in [2.05, 4.69) is 15.5 Å². The standard InChI is InChI=1S/C10H11FN6/c1-17-9(8(12)13)15-16-10(17)14-7-5-3-2-4-6(7)11/h2-5H,1H3,(H3,12,13)(H,14,16). The fourth-order valence-corrected chi connectivity index (χ4v) is 1.36. The van der Waals surface area contributed by atoms with E-state index in [0.717, 1.165) is 0 Å². The highest BCUT2D eigenvalue weighted by atomic mass is 19.1. The van der Waals surface area contributed by atoms with Gasteiger partial charge in [-0.25, -0.2) is 4.39 Å². The van der Waals surface area contributed by atoms with Gasteiger partial charge in [-0.2, -0.15) is 0 Å². The molecule has 0 fully saturated rings. The lowest BCUT2D eigenvalue weighted by atomic mass is 10.3. The molecule has 1 aromatic carbocycles. The topological polar surface area (TPSA) is 92.6 Å². The Morgan fingerprint density at radius 3 is 2.71 bits per heavy atom. The summed E-state index contributed by atoms with van der Waals surface area (Å²) in [5.74, 6) is -0.0365. The molecule has 2 aromatic rings. The van der Waals surface area contributed by atoms with Crippen LogP contribution in [-0.4, -0.2) is 20.6 Å². The van der Waals surface area contributed by atoms with Gasteiger partial charge in [0.05, 0.1) is 5.69 Å². The van der Waals surface area contributed by atoms with Gasteiger partial charge >= 0.3 is 0 Å². The summed E-state index contributed by atoms with van der Waals surface area (Å²) in [5.41, 5.74) is 5.60. The van der Waals surface area contributed by atoms with Crippen LogP contribution >= 0.6 is 0 Å². The van der Waals surface area contributed by atoms with Crippen LogP contribution in [0.4, 0.5) is 16.0 Å². The van der Waals surface area contributed by atoms with E-state index in [-0.39, 0.29) is 23.2 Å². The lowest BCUT2D eigenvalue weighted by Gasteiger charge is -2.06. The quantitative estimate of drug-likeness (QED) is 0.545. The minimum Gasteiger partial charge on any atom is -0.381 e. The summed E-state index contributed by atoms with van der Waals surface area (Å²) in [5, 5.41) is 17.5. The van der Waals surface area contributed by atoms with Gasteiger partial charge in [0.15, 0.2) is 11.7 Å². The van der Waals surface area contributed by atoms with E-state index in [1.807, 2.05) is 0 Å². The number of nitrogens with zero attached hydrogens (tertiary/aromatic N) is 3. The summed E-state index contributed by atoms with van der Waals surface area (Å²) in [6.07, 6.45) is 0. The average molecular weight is 234 g/mol. The molecule has 2 rings (SSSR count). The van der Waals surface area contributed by atoms with Crippen molar-refractivity contribution in [3.8, 4) is 0 Å². The second-order valence-corrected chi connectivity index (χ2v) is 3.42. The molecule has 4 N–H and O–H groups in total. The number of nitrogens with one attached hydrogen (secondary N) is 2. The number of nitrogens with two attached hydrogens (primary N) is 1. The van der Waals surface area contributed by atoms with Crippen LogP contribution in [-0.2, 0) is 7.05 Å². The minimum absolute atomic E-state index is 0.193. The molecule has 6 nitrogen and oxygen atoms in total. The van der Waals surface area contributed by atoms with Gasteiger partial charge in [-0.3, -0.25) is 9.98 Å². The fourth-order valence-electron chi connectivity index (χ4n) is 1.36. The summed E-state index contributed by atoms with van der Waals surface area (Å²) >= 11 is 0. The molecule has 0 atom stereocenters. The van der Waals surface area contributed by atoms with Crippen LogP contribution in [0.2, 0.25) is 0 Å². The fraction of sp³-hybridized carbons (Fsp3) is 0.100. The zero-order valence-electron chi connectivity index (χ0n) is 9.11. The summed E-state index contributed by atoms with van der Waals surface area (Å²) < 4.78 is 14.9. The number of hydrogen-bond donors (Lipinski definition) is 3. The van der Waals surface area contributed by atoms with Crippen molar-refractivity contribution in [1.29, 1.82) is 5.41 Å². The summed E-state index contributed by atoms with van der Waals surface area (Å²) in [6, 6.07) is 6.22. The molecular formula is C10H11FN6. The Morgan fingerprint density at radius 1 is 1.41 bits per heavy atom. The van der Waals surface area contributed by atoms with Gasteiger partial charge in [-0.15, -0.1) is 10.2 Å². The molecule has 0 bridgehead atoms. The zero-order chi connectivity index (χ0) is 12.4. The number of rotatable bonds is 3. The van der Waals surface area contributed by atoms with E-state index >= 15 is 0 Å². The largest absolute Gasteiger partial charge is 0.381 e. The van der Waals surface area contributed by atoms with Crippen molar-refractivity contribution in [1.82, 2.24) is 14.8 Å². The molecule has 0 aliphatic carbocycles. The van der Waals surface area contributed by atoms with Crippen LogP contribution in [0, 0.1) is 11.2 Å². The van der Waals surface area contributed by atoms with Gasteiger partial charge in [0.1, 0.15) is 5.82 Å². The van der Waals surface area contributed by atoms with Crippen molar-refractivity contribution in [2.24, 2.45) is 12.8 Å². The molecule has 88 valence electrons. The second-order valence-electron chi connectivity index (χ2n) is 3.42. The van der Waals surface area contributed by atoms with Gasteiger partial charge in [-0.05, 0) is 12.1 Å². The Kier molecular flexibility index (Phi) is 2.73. The van der Waals surface area contributed by atoms with Crippen LogP contribution in [0.3, 0.4) is 0 Å². The number of para-hydroxylation sites is 1. The van der Waals surface area contributed by atoms with Crippen molar-refractivity contribution < 1.29 is 4.39 Å². The SMILES string of the molecule is Cn1c(Nc2ccccc2F)nnc1C(=N)N. The minimum atomic E-state index is -0.389. The van der Waals surface area contributed by atoms with E-state index in [1.54, 1.807) is 25.2 Å². The number of halogens is 1. The number of benzene rings is 1. The van der Waals surface area contributed by atoms with Crippen LogP contribution in [0.25, 0.3) is 0 Å². The number of amidine groups is 1. The summed E-state index contributed by atoms with van der Waals surface area (Å²) in [6.45, 7) is 0. The van der Waals surface area contributed by atoms with Crippen molar-refractivity contribution in [3.05, 3.63) is 35.9 Å². The molecule has 7 heteroatoms. The Morgan fingerprint density at radius 2 is 2.12 bits per heavy atom. The molecule has 0 saturated carbocycles. The van der Waals surface area contributed by atoms with Gasteiger partial charge in [0.25, 0.3) is 0 Å². The van der Waals surface area contributed by atoms with Gasteiger partial charge in [0.2, 0.25) is 5.95 Å². The normalized spacial score (nSPS) is 10.2. The van der Waals surface area contributed by atoms with E-state index in [9.17, 15) is 4.39 Å². The molecule has 0 spiro atoms. The Labute approximate surface area is 96.8 Å². The highest BCUT2D eigenvalue weighted by Crippen LogP contribution is 2.17. The predicted molar refractivity (Wildman–Crippen MR) is 61.7 cm³/mol. The van der Waals surface area contributed by atoms with Crippen molar-refractivity contribution in [2.75, 3.05) is 5.32 Å². The molecule has 0 aliphatic rings. The maximum absolute atomic E-state index is 13.4. The van der Waals surface area contributed by atoms with Gasteiger partial charge < -0.3 is 11.1 Å². The first-order valence-corrected chi connectivity index (χ1v) is 4.85. The highest BCUT2D eigenvalue weighted by molar-refractivity contribution is 5.91. The maximum Gasteiger partial charge on any atom is 0.229 e.